The van der Waals surface area contributed by atoms with E-state index in [9.17, 15) is 9.59 Å². The smallest absolute Gasteiger partial charge is 0.261 e. The molecule has 0 aliphatic carbocycles. The van der Waals surface area contributed by atoms with Gasteiger partial charge in [0.15, 0.2) is 0 Å². The van der Waals surface area contributed by atoms with Crippen LogP contribution >= 0.6 is 0 Å². The largest absolute Gasteiger partial charge is 0.370 e. The van der Waals surface area contributed by atoms with E-state index in [1.807, 2.05) is 20.0 Å². The first-order chi connectivity index (χ1) is 11.4. The van der Waals surface area contributed by atoms with Gasteiger partial charge in [0.2, 0.25) is 0 Å². The van der Waals surface area contributed by atoms with Crippen LogP contribution in [-0.2, 0) is 0 Å². The Bertz CT molecular complexity index is 758. The van der Waals surface area contributed by atoms with Crippen LogP contribution in [0.15, 0.2) is 42.5 Å². The lowest BCUT2D eigenvalue weighted by molar-refractivity contribution is 0.0646. The Kier molecular flexibility index (Phi) is 4.14. The van der Waals surface area contributed by atoms with Gasteiger partial charge in [0.05, 0.1) is 11.1 Å². The number of carbonyl (C=O) groups is 2. The number of para-hydroxylation sites is 1. The zero-order valence-electron chi connectivity index (χ0n) is 14.5. The highest BCUT2D eigenvalue weighted by Gasteiger charge is 2.36. The van der Waals surface area contributed by atoms with E-state index in [4.69, 9.17) is 0 Å². The quantitative estimate of drug-likeness (QED) is 0.810. The van der Waals surface area contributed by atoms with E-state index in [0.717, 1.165) is 5.69 Å². The fourth-order valence-electron chi connectivity index (χ4n) is 3.37. The lowest BCUT2D eigenvalue weighted by Crippen LogP contribution is -2.43. The first kappa shape index (κ1) is 16.2. The van der Waals surface area contributed by atoms with Gasteiger partial charge in [-0.05, 0) is 44.0 Å². The number of imide groups is 1. The van der Waals surface area contributed by atoms with Gasteiger partial charge in [-0.1, -0.05) is 30.3 Å². The summed E-state index contributed by atoms with van der Waals surface area (Å²) in [4.78, 5) is 28.6. The number of benzene rings is 2. The summed E-state index contributed by atoms with van der Waals surface area (Å²) in [6, 6.07) is 13.2. The molecule has 1 aliphatic heterocycles. The maximum absolute atomic E-state index is 12.5. The molecule has 0 spiro atoms. The number of amides is 2. The van der Waals surface area contributed by atoms with E-state index in [0.29, 0.717) is 17.7 Å². The Balaban J connectivity index is 1.82. The van der Waals surface area contributed by atoms with E-state index >= 15 is 0 Å². The van der Waals surface area contributed by atoms with Crippen molar-refractivity contribution >= 4 is 17.5 Å². The molecule has 2 aromatic rings. The average Bonchev–Trinajstić information content (AvgIpc) is 2.80. The van der Waals surface area contributed by atoms with Crippen molar-refractivity contribution in [3.05, 3.63) is 64.7 Å². The number of aryl methyl sites for hydroxylation is 2. The maximum Gasteiger partial charge on any atom is 0.261 e. The van der Waals surface area contributed by atoms with E-state index in [2.05, 4.69) is 30.9 Å². The predicted octanol–water partition coefficient (Wildman–Crippen LogP) is 3.42. The molecular formula is C20H22N2O2. The van der Waals surface area contributed by atoms with Crippen molar-refractivity contribution < 1.29 is 9.59 Å². The van der Waals surface area contributed by atoms with Gasteiger partial charge in [-0.3, -0.25) is 14.5 Å². The Hall–Kier alpha value is -2.62. The molecule has 1 aliphatic rings. The summed E-state index contributed by atoms with van der Waals surface area (Å²) in [6.45, 7) is 6.56. The number of hydrogen-bond acceptors (Lipinski definition) is 3. The fourth-order valence-corrected chi connectivity index (χ4v) is 3.37. The summed E-state index contributed by atoms with van der Waals surface area (Å²) in [5.41, 5.74) is 4.54. The van der Waals surface area contributed by atoms with Crippen molar-refractivity contribution in [2.45, 2.75) is 26.8 Å². The molecule has 0 bridgehead atoms. The number of hydrogen-bond donors (Lipinski definition) is 0. The third-order valence-corrected chi connectivity index (χ3v) is 4.78. The SMILES string of the molecule is Cc1cccc(C)c1N(C)C(C)CN1C(=O)c2ccccc2C1=O. The molecular weight excluding hydrogens is 300 g/mol. The van der Waals surface area contributed by atoms with Gasteiger partial charge in [-0.25, -0.2) is 0 Å². The van der Waals surface area contributed by atoms with Crippen LogP contribution in [0.3, 0.4) is 0 Å². The topological polar surface area (TPSA) is 40.6 Å². The Labute approximate surface area is 142 Å². The molecule has 0 N–H and O–H groups in total. The van der Waals surface area contributed by atoms with Gasteiger partial charge in [0.1, 0.15) is 0 Å². The predicted molar refractivity (Wildman–Crippen MR) is 95.6 cm³/mol. The van der Waals surface area contributed by atoms with Gasteiger partial charge >= 0.3 is 0 Å². The number of rotatable bonds is 4. The minimum Gasteiger partial charge on any atom is -0.370 e. The summed E-state index contributed by atoms with van der Waals surface area (Å²) < 4.78 is 0. The normalized spacial score (nSPS) is 14.8. The molecule has 0 radical (unpaired) electrons. The molecule has 0 saturated heterocycles. The number of carbonyl (C=O) groups excluding carboxylic acids is 2. The Morgan fingerprint density at radius 2 is 1.42 bits per heavy atom. The van der Waals surface area contributed by atoms with E-state index < -0.39 is 0 Å². The highest BCUT2D eigenvalue weighted by Crippen LogP contribution is 2.27. The van der Waals surface area contributed by atoms with Crippen molar-refractivity contribution in [1.82, 2.24) is 4.90 Å². The molecule has 0 fully saturated rings. The van der Waals surface area contributed by atoms with Crippen molar-refractivity contribution in [2.24, 2.45) is 0 Å². The number of likely N-dealkylation sites (N-methyl/N-ethyl adjacent to an activating group) is 1. The second kappa shape index (κ2) is 6.11. The molecule has 4 heteroatoms. The van der Waals surface area contributed by atoms with E-state index in [-0.39, 0.29) is 17.9 Å². The fraction of sp³-hybridized carbons (Fsp3) is 0.300. The van der Waals surface area contributed by atoms with Crippen LogP contribution in [0.25, 0.3) is 0 Å². The van der Waals surface area contributed by atoms with Crippen LogP contribution < -0.4 is 4.90 Å². The molecule has 124 valence electrons. The molecule has 3 rings (SSSR count). The summed E-state index contributed by atoms with van der Waals surface area (Å²) in [7, 11) is 2.01. The number of nitrogens with zero attached hydrogens (tertiary/aromatic N) is 2. The second-order valence-electron chi connectivity index (χ2n) is 6.47. The van der Waals surface area contributed by atoms with Gasteiger partial charge < -0.3 is 4.90 Å². The van der Waals surface area contributed by atoms with Crippen LogP contribution in [0, 0.1) is 13.8 Å². The molecule has 1 unspecified atom stereocenters. The van der Waals surface area contributed by atoms with Crippen molar-refractivity contribution in [3.63, 3.8) is 0 Å². The van der Waals surface area contributed by atoms with Crippen LogP contribution in [-0.4, -0.2) is 36.3 Å². The zero-order chi connectivity index (χ0) is 17.4. The first-order valence-corrected chi connectivity index (χ1v) is 8.16. The molecule has 0 aromatic heterocycles. The van der Waals surface area contributed by atoms with Crippen LogP contribution in [0.4, 0.5) is 5.69 Å². The molecule has 1 heterocycles. The Morgan fingerprint density at radius 1 is 0.917 bits per heavy atom. The van der Waals surface area contributed by atoms with Crippen LogP contribution in [0.2, 0.25) is 0 Å². The minimum atomic E-state index is -0.197. The summed E-state index contributed by atoms with van der Waals surface area (Å²) in [5.74, 6) is -0.394. The third-order valence-electron chi connectivity index (χ3n) is 4.78. The van der Waals surface area contributed by atoms with Gasteiger partial charge in [0.25, 0.3) is 11.8 Å². The lowest BCUT2D eigenvalue weighted by Gasteiger charge is -2.32. The highest BCUT2D eigenvalue weighted by molar-refractivity contribution is 6.21. The molecule has 24 heavy (non-hydrogen) atoms. The van der Waals surface area contributed by atoms with Crippen LogP contribution in [0.5, 0.6) is 0 Å². The lowest BCUT2D eigenvalue weighted by atomic mass is 10.1. The Morgan fingerprint density at radius 3 is 1.92 bits per heavy atom. The summed E-state index contributed by atoms with van der Waals surface area (Å²) >= 11 is 0. The number of fused-ring (bicyclic) bond motifs is 1. The number of anilines is 1. The van der Waals surface area contributed by atoms with Gasteiger partial charge in [-0.15, -0.1) is 0 Å². The third kappa shape index (κ3) is 2.58. The first-order valence-electron chi connectivity index (χ1n) is 8.16. The zero-order valence-corrected chi connectivity index (χ0v) is 14.5. The van der Waals surface area contributed by atoms with Crippen molar-refractivity contribution in [1.29, 1.82) is 0 Å². The monoisotopic (exact) mass is 322 g/mol. The van der Waals surface area contributed by atoms with E-state index in [1.165, 1.54) is 16.0 Å². The minimum absolute atomic E-state index is 0.0204. The standard InChI is InChI=1S/C20H22N2O2/c1-13-8-7-9-14(2)18(13)21(4)15(3)12-22-19(23)16-10-5-6-11-17(16)20(22)24/h5-11,15H,12H2,1-4H3. The highest BCUT2D eigenvalue weighted by atomic mass is 16.2. The molecule has 2 amide bonds. The summed E-state index contributed by atoms with van der Waals surface area (Å²) in [5, 5.41) is 0. The second-order valence-corrected chi connectivity index (χ2v) is 6.47. The molecule has 0 saturated carbocycles. The molecule has 4 nitrogen and oxygen atoms in total. The molecule has 2 aromatic carbocycles. The molecule has 1 atom stereocenters. The average molecular weight is 322 g/mol. The van der Waals surface area contributed by atoms with Gasteiger partial charge in [-0.2, -0.15) is 0 Å². The van der Waals surface area contributed by atoms with Gasteiger partial charge in [0, 0.05) is 25.3 Å². The van der Waals surface area contributed by atoms with Crippen LogP contribution in [0.1, 0.15) is 38.8 Å². The van der Waals surface area contributed by atoms with E-state index in [1.54, 1.807) is 24.3 Å². The van der Waals surface area contributed by atoms with Crippen molar-refractivity contribution in [3.8, 4) is 0 Å². The maximum atomic E-state index is 12.5. The summed E-state index contributed by atoms with van der Waals surface area (Å²) in [6.07, 6.45) is 0. The van der Waals surface area contributed by atoms with Crippen molar-refractivity contribution in [2.75, 3.05) is 18.5 Å².